The fourth-order valence-corrected chi connectivity index (χ4v) is 1.26. The van der Waals surface area contributed by atoms with Crippen LogP contribution in [0.1, 0.15) is 31.1 Å². The Balaban J connectivity index is 2.97. The molecular weight excluding hydrogens is 179 g/mol. The first-order chi connectivity index (χ1) is 6.50. The molecule has 0 spiro atoms. The number of hydrogen-bond donors (Lipinski definition) is 1. The topological polar surface area (TPSA) is 20.2 Å². The van der Waals surface area contributed by atoms with Crippen molar-refractivity contribution in [2.24, 2.45) is 0 Å². The second-order valence-electron chi connectivity index (χ2n) is 3.70. The Hall–Kier alpha value is -1.15. The number of halogens is 1. The van der Waals surface area contributed by atoms with Gasteiger partial charge in [-0.05, 0) is 38.0 Å². The predicted octanol–water partition coefficient (Wildman–Crippen LogP) is 3.13. The normalized spacial score (nSPS) is 12.4. The molecule has 0 aliphatic heterocycles. The summed E-state index contributed by atoms with van der Waals surface area (Å²) in [6.45, 7) is 5.52. The summed E-state index contributed by atoms with van der Waals surface area (Å²) in [6.07, 6.45) is 1.10. The Kier molecular flexibility index (Phi) is 3.42. The van der Waals surface area contributed by atoms with Gasteiger partial charge in [0.05, 0.1) is 6.10 Å². The van der Waals surface area contributed by atoms with Crippen molar-refractivity contribution in [2.75, 3.05) is 0 Å². The minimum absolute atomic E-state index is 0.238. The van der Waals surface area contributed by atoms with Gasteiger partial charge in [0, 0.05) is 0 Å². The maximum Gasteiger partial charge on any atom is 0.126 e. The van der Waals surface area contributed by atoms with Crippen LogP contribution in [0.2, 0.25) is 0 Å². The second kappa shape index (κ2) is 4.38. The molecule has 0 saturated heterocycles. The lowest BCUT2D eigenvalue weighted by Gasteiger charge is -2.08. The van der Waals surface area contributed by atoms with Crippen molar-refractivity contribution in [1.29, 1.82) is 0 Å². The highest BCUT2D eigenvalue weighted by Gasteiger charge is 2.05. The summed E-state index contributed by atoms with van der Waals surface area (Å²) in [7, 11) is 0. The van der Waals surface area contributed by atoms with E-state index in [0.29, 0.717) is 5.56 Å². The molecule has 1 unspecified atom stereocenters. The van der Waals surface area contributed by atoms with Gasteiger partial charge < -0.3 is 5.11 Å². The summed E-state index contributed by atoms with van der Waals surface area (Å²) in [5, 5.41) is 9.71. The van der Waals surface area contributed by atoms with Crippen LogP contribution in [0.5, 0.6) is 0 Å². The van der Waals surface area contributed by atoms with E-state index in [1.807, 2.05) is 13.8 Å². The van der Waals surface area contributed by atoms with Gasteiger partial charge in [0.25, 0.3) is 0 Å². The van der Waals surface area contributed by atoms with Crippen LogP contribution in [-0.4, -0.2) is 5.11 Å². The monoisotopic (exact) mass is 194 g/mol. The quantitative estimate of drug-likeness (QED) is 0.717. The first-order valence-corrected chi connectivity index (χ1v) is 4.60. The zero-order valence-corrected chi connectivity index (χ0v) is 8.71. The molecule has 1 aromatic carbocycles. The molecular formula is C12H15FO. The van der Waals surface area contributed by atoms with Gasteiger partial charge in [0.1, 0.15) is 5.82 Å². The molecule has 0 aliphatic rings. The van der Waals surface area contributed by atoms with Gasteiger partial charge in [-0.1, -0.05) is 23.8 Å². The van der Waals surface area contributed by atoms with Crippen molar-refractivity contribution in [3.8, 4) is 0 Å². The average Bonchev–Trinajstić information content (AvgIpc) is 2.08. The Morgan fingerprint density at radius 3 is 2.57 bits per heavy atom. The number of benzene rings is 1. The second-order valence-corrected chi connectivity index (χ2v) is 3.70. The lowest BCUT2D eigenvalue weighted by atomic mass is 10.0. The molecule has 1 atom stereocenters. The maximum absolute atomic E-state index is 12.9. The number of aliphatic hydroxyl groups excluding tert-OH is 1. The molecule has 0 aliphatic carbocycles. The lowest BCUT2D eigenvalue weighted by Crippen LogP contribution is -1.95. The van der Waals surface area contributed by atoms with E-state index in [-0.39, 0.29) is 5.82 Å². The van der Waals surface area contributed by atoms with Crippen molar-refractivity contribution in [2.45, 2.75) is 26.9 Å². The van der Waals surface area contributed by atoms with E-state index in [1.165, 1.54) is 6.07 Å². The molecule has 1 nitrogen and oxygen atoms in total. The van der Waals surface area contributed by atoms with E-state index >= 15 is 0 Å². The molecule has 1 aromatic rings. The number of allylic oxidation sites excluding steroid dienone is 1. The maximum atomic E-state index is 12.9. The number of rotatable bonds is 2. The van der Waals surface area contributed by atoms with Crippen LogP contribution >= 0.6 is 0 Å². The van der Waals surface area contributed by atoms with Crippen LogP contribution in [0.3, 0.4) is 0 Å². The lowest BCUT2D eigenvalue weighted by molar-refractivity contribution is 0.227. The highest BCUT2D eigenvalue weighted by molar-refractivity contribution is 5.28. The van der Waals surface area contributed by atoms with E-state index in [4.69, 9.17) is 0 Å². The van der Waals surface area contributed by atoms with Crippen molar-refractivity contribution in [3.05, 3.63) is 46.8 Å². The first-order valence-electron chi connectivity index (χ1n) is 4.60. The fraction of sp³-hybridized carbons (Fsp3) is 0.333. The summed E-state index contributed by atoms with van der Waals surface area (Å²) in [6, 6.07) is 4.65. The largest absolute Gasteiger partial charge is 0.384 e. The third-order valence-corrected chi connectivity index (χ3v) is 2.01. The Morgan fingerprint density at radius 1 is 1.43 bits per heavy atom. The van der Waals surface area contributed by atoms with Gasteiger partial charge in [-0.3, -0.25) is 0 Å². The molecule has 0 fully saturated rings. The van der Waals surface area contributed by atoms with Crippen LogP contribution in [0.4, 0.5) is 4.39 Å². The van der Waals surface area contributed by atoms with Crippen LogP contribution in [0, 0.1) is 12.7 Å². The van der Waals surface area contributed by atoms with E-state index in [2.05, 4.69) is 0 Å². The highest BCUT2D eigenvalue weighted by Crippen LogP contribution is 2.18. The minimum Gasteiger partial charge on any atom is -0.384 e. The van der Waals surface area contributed by atoms with Gasteiger partial charge in [-0.25, -0.2) is 4.39 Å². The standard InChI is InChI=1S/C12H15FO/c1-8(2)6-12(14)10-4-5-11(13)9(3)7-10/h4-7,12,14H,1-3H3. The zero-order chi connectivity index (χ0) is 10.7. The van der Waals surface area contributed by atoms with E-state index < -0.39 is 6.10 Å². The molecule has 0 aromatic heterocycles. The van der Waals surface area contributed by atoms with Crippen LogP contribution < -0.4 is 0 Å². The number of aryl methyl sites for hydroxylation is 1. The van der Waals surface area contributed by atoms with Crippen LogP contribution in [-0.2, 0) is 0 Å². The van der Waals surface area contributed by atoms with Gasteiger partial charge in [-0.2, -0.15) is 0 Å². The Labute approximate surface area is 83.9 Å². The van der Waals surface area contributed by atoms with E-state index in [9.17, 15) is 9.50 Å². The number of aliphatic hydroxyl groups is 1. The molecule has 2 heteroatoms. The SMILES string of the molecule is CC(C)=CC(O)c1ccc(F)c(C)c1. The third-order valence-electron chi connectivity index (χ3n) is 2.01. The molecule has 0 radical (unpaired) electrons. The highest BCUT2D eigenvalue weighted by atomic mass is 19.1. The fourth-order valence-electron chi connectivity index (χ4n) is 1.26. The smallest absolute Gasteiger partial charge is 0.126 e. The molecule has 1 rings (SSSR count). The summed E-state index contributed by atoms with van der Waals surface area (Å²) in [5.41, 5.74) is 2.33. The van der Waals surface area contributed by atoms with E-state index in [0.717, 1.165) is 11.1 Å². The Bertz CT molecular complexity index is 351. The molecule has 76 valence electrons. The zero-order valence-electron chi connectivity index (χ0n) is 8.71. The van der Waals surface area contributed by atoms with Crippen molar-refractivity contribution in [3.63, 3.8) is 0 Å². The Morgan fingerprint density at radius 2 is 2.07 bits per heavy atom. The third kappa shape index (κ3) is 2.67. The summed E-state index contributed by atoms with van der Waals surface area (Å²) in [4.78, 5) is 0. The average molecular weight is 194 g/mol. The van der Waals surface area contributed by atoms with Crippen molar-refractivity contribution >= 4 is 0 Å². The van der Waals surface area contributed by atoms with Crippen LogP contribution in [0.25, 0.3) is 0 Å². The number of hydrogen-bond acceptors (Lipinski definition) is 1. The predicted molar refractivity (Wildman–Crippen MR) is 55.5 cm³/mol. The van der Waals surface area contributed by atoms with Crippen molar-refractivity contribution in [1.82, 2.24) is 0 Å². The molecule has 0 heterocycles. The van der Waals surface area contributed by atoms with E-state index in [1.54, 1.807) is 25.1 Å². The molecule has 0 saturated carbocycles. The summed E-state index contributed by atoms with van der Waals surface area (Å²) < 4.78 is 12.9. The summed E-state index contributed by atoms with van der Waals surface area (Å²) in [5.74, 6) is -0.238. The molecule has 0 amide bonds. The molecule has 1 N–H and O–H groups in total. The van der Waals surface area contributed by atoms with Gasteiger partial charge in [0.2, 0.25) is 0 Å². The van der Waals surface area contributed by atoms with Gasteiger partial charge in [0.15, 0.2) is 0 Å². The first kappa shape index (κ1) is 10.9. The van der Waals surface area contributed by atoms with Gasteiger partial charge in [-0.15, -0.1) is 0 Å². The van der Waals surface area contributed by atoms with Crippen LogP contribution in [0.15, 0.2) is 29.8 Å². The molecule has 14 heavy (non-hydrogen) atoms. The minimum atomic E-state index is -0.640. The van der Waals surface area contributed by atoms with Gasteiger partial charge >= 0.3 is 0 Å². The van der Waals surface area contributed by atoms with Crippen molar-refractivity contribution < 1.29 is 9.50 Å². The molecule has 0 bridgehead atoms. The summed E-state index contributed by atoms with van der Waals surface area (Å²) >= 11 is 0.